The molecule has 0 bridgehead atoms. The molecular formula is C11H12BrNS. The van der Waals surface area contributed by atoms with Crippen molar-refractivity contribution in [1.82, 2.24) is 0 Å². The van der Waals surface area contributed by atoms with Gasteiger partial charge in [0.05, 0.1) is 0 Å². The first-order valence-corrected chi connectivity index (χ1v) is 6.07. The second kappa shape index (κ2) is 3.33. The third kappa shape index (κ3) is 1.72. The first-order valence-electron chi connectivity index (χ1n) is 4.46. The monoisotopic (exact) mass is 269 g/mol. The second-order valence-electron chi connectivity index (χ2n) is 3.98. The van der Waals surface area contributed by atoms with Crippen LogP contribution in [0.15, 0.2) is 28.7 Å². The lowest BCUT2D eigenvalue weighted by Crippen LogP contribution is -2.27. The van der Waals surface area contributed by atoms with E-state index in [1.807, 2.05) is 13.8 Å². The van der Waals surface area contributed by atoms with Crippen molar-refractivity contribution in [3.8, 4) is 0 Å². The lowest BCUT2D eigenvalue weighted by Gasteiger charge is -2.15. The van der Waals surface area contributed by atoms with Crippen LogP contribution in [0.25, 0.3) is 10.1 Å². The summed E-state index contributed by atoms with van der Waals surface area (Å²) >= 11 is 5.31. The van der Waals surface area contributed by atoms with Gasteiger partial charge in [0.2, 0.25) is 0 Å². The lowest BCUT2D eigenvalue weighted by atomic mass is 10.0. The van der Waals surface area contributed by atoms with Crippen LogP contribution in [-0.2, 0) is 5.54 Å². The van der Waals surface area contributed by atoms with Crippen LogP contribution >= 0.6 is 27.3 Å². The van der Waals surface area contributed by atoms with Gasteiger partial charge >= 0.3 is 0 Å². The molecule has 2 N–H and O–H groups in total. The molecule has 0 saturated carbocycles. The number of rotatable bonds is 1. The zero-order valence-electron chi connectivity index (χ0n) is 8.17. The van der Waals surface area contributed by atoms with Crippen LogP contribution < -0.4 is 5.73 Å². The fraction of sp³-hybridized carbons (Fsp3) is 0.273. The predicted molar refractivity (Wildman–Crippen MR) is 66.7 cm³/mol. The second-order valence-corrected chi connectivity index (χ2v) is 5.92. The van der Waals surface area contributed by atoms with Crippen molar-refractivity contribution < 1.29 is 0 Å². The molecule has 0 aliphatic rings. The smallest absolute Gasteiger partial charge is 0.0447 e. The Bertz CT molecular complexity index is 468. The van der Waals surface area contributed by atoms with Gasteiger partial charge in [0, 0.05) is 25.0 Å². The summed E-state index contributed by atoms with van der Waals surface area (Å²) in [7, 11) is 0. The molecule has 0 saturated heterocycles. The Morgan fingerprint density at radius 1 is 1.36 bits per heavy atom. The van der Waals surface area contributed by atoms with Crippen molar-refractivity contribution >= 4 is 37.4 Å². The van der Waals surface area contributed by atoms with Crippen molar-refractivity contribution in [3.63, 3.8) is 0 Å². The van der Waals surface area contributed by atoms with E-state index >= 15 is 0 Å². The van der Waals surface area contributed by atoms with E-state index in [1.165, 1.54) is 15.0 Å². The predicted octanol–water partition coefficient (Wildman–Crippen LogP) is 3.86. The number of benzene rings is 1. The van der Waals surface area contributed by atoms with Gasteiger partial charge in [-0.15, -0.1) is 11.3 Å². The molecule has 0 aliphatic carbocycles. The molecule has 0 amide bonds. The first kappa shape index (κ1) is 10.1. The average molecular weight is 270 g/mol. The fourth-order valence-corrected chi connectivity index (χ4v) is 3.06. The Balaban J connectivity index is 2.69. The van der Waals surface area contributed by atoms with Crippen molar-refractivity contribution in [2.24, 2.45) is 5.73 Å². The summed E-state index contributed by atoms with van der Waals surface area (Å²) < 4.78 is 2.43. The van der Waals surface area contributed by atoms with E-state index in [0.29, 0.717) is 0 Å². The van der Waals surface area contributed by atoms with Crippen molar-refractivity contribution in [3.05, 3.63) is 33.6 Å². The summed E-state index contributed by atoms with van der Waals surface area (Å²) in [6, 6.07) is 8.41. The highest BCUT2D eigenvalue weighted by atomic mass is 79.9. The van der Waals surface area contributed by atoms with Gasteiger partial charge in [-0.2, -0.15) is 0 Å². The third-order valence-electron chi connectivity index (χ3n) is 2.14. The Kier molecular flexibility index (Phi) is 2.41. The fourth-order valence-electron chi connectivity index (χ4n) is 1.34. The van der Waals surface area contributed by atoms with Gasteiger partial charge in [0.25, 0.3) is 0 Å². The van der Waals surface area contributed by atoms with Crippen molar-refractivity contribution in [2.45, 2.75) is 19.4 Å². The van der Waals surface area contributed by atoms with E-state index in [9.17, 15) is 0 Å². The number of fused-ring (bicyclic) bond motifs is 1. The summed E-state index contributed by atoms with van der Waals surface area (Å²) in [5, 5.41) is 1.26. The molecule has 0 radical (unpaired) electrons. The number of halogens is 1. The van der Waals surface area contributed by atoms with Gasteiger partial charge in [-0.25, -0.2) is 0 Å². The Morgan fingerprint density at radius 2 is 2.07 bits per heavy atom. The number of nitrogens with two attached hydrogens (primary N) is 1. The highest BCUT2D eigenvalue weighted by Gasteiger charge is 2.17. The first-order chi connectivity index (χ1) is 6.48. The maximum atomic E-state index is 6.07. The van der Waals surface area contributed by atoms with Crippen LogP contribution in [0.3, 0.4) is 0 Å². The zero-order chi connectivity index (χ0) is 10.3. The SMILES string of the molecule is CC(C)(N)c1cc2c(Br)cccc2s1. The number of hydrogen-bond acceptors (Lipinski definition) is 2. The van der Waals surface area contributed by atoms with E-state index < -0.39 is 0 Å². The Hall–Kier alpha value is -0.380. The molecule has 2 rings (SSSR count). The molecular weight excluding hydrogens is 258 g/mol. The average Bonchev–Trinajstić information content (AvgIpc) is 2.48. The van der Waals surface area contributed by atoms with Crippen LogP contribution in [0.2, 0.25) is 0 Å². The molecule has 3 heteroatoms. The minimum absolute atomic E-state index is 0.247. The molecule has 14 heavy (non-hydrogen) atoms. The highest BCUT2D eigenvalue weighted by molar-refractivity contribution is 9.10. The molecule has 1 nitrogen and oxygen atoms in total. The van der Waals surface area contributed by atoms with Crippen LogP contribution in [0, 0.1) is 0 Å². The van der Waals surface area contributed by atoms with Crippen molar-refractivity contribution in [1.29, 1.82) is 0 Å². The molecule has 1 aromatic carbocycles. The van der Waals surface area contributed by atoms with E-state index in [0.717, 1.165) is 4.47 Å². The third-order valence-corrected chi connectivity index (χ3v) is 4.27. The van der Waals surface area contributed by atoms with E-state index in [-0.39, 0.29) is 5.54 Å². The summed E-state index contributed by atoms with van der Waals surface area (Å²) in [6.07, 6.45) is 0. The number of thiophene rings is 1. The van der Waals surface area contributed by atoms with E-state index in [1.54, 1.807) is 11.3 Å². The van der Waals surface area contributed by atoms with E-state index in [4.69, 9.17) is 5.73 Å². The van der Waals surface area contributed by atoms with Gasteiger partial charge in [-0.1, -0.05) is 22.0 Å². The maximum absolute atomic E-state index is 6.07. The molecule has 0 atom stereocenters. The molecule has 0 aliphatic heterocycles. The zero-order valence-corrected chi connectivity index (χ0v) is 10.6. The maximum Gasteiger partial charge on any atom is 0.0447 e. The molecule has 1 heterocycles. The van der Waals surface area contributed by atoms with Crippen LogP contribution in [0.1, 0.15) is 18.7 Å². The van der Waals surface area contributed by atoms with Gasteiger partial charge in [-0.3, -0.25) is 0 Å². The molecule has 2 aromatic rings. The van der Waals surface area contributed by atoms with Gasteiger partial charge in [0.15, 0.2) is 0 Å². The summed E-state index contributed by atoms with van der Waals surface area (Å²) in [4.78, 5) is 1.22. The van der Waals surface area contributed by atoms with Crippen LogP contribution in [-0.4, -0.2) is 0 Å². The topological polar surface area (TPSA) is 26.0 Å². The van der Waals surface area contributed by atoms with Crippen molar-refractivity contribution in [2.75, 3.05) is 0 Å². The lowest BCUT2D eigenvalue weighted by molar-refractivity contribution is 0.567. The number of hydrogen-bond donors (Lipinski definition) is 1. The molecule has 0 unspecified atom stereocenters. The minimum Gasteiger partial charge on any atom is -0.321 e. The minimum atomic E-state index is -0.247. The Labute approximate surface area is 96.1 Å². The summed E-state index contributed by atoms with van der Waals surface area (Å²) in [5.41, 5.74) is 5.82. The van der Waals surface area contributed by atoms with Gasteiger partial charge in [0.1, 0.15) is 0 Å². The van der Waals surface area contributed by atoms with E-state index in [2.05, 4.69) is 40.2 Å². The summed E-state index contributed by atoms with van der Waals surface area (Å²) in [6.45, 7) is 4.07. The van der Waals surface area contributed by atoms with Crippen LogP contribution in [0.5, 0.6) is 0 Å². The molecule has 0 spiro atoms. The van der Waals surface area contributed by atoms with Crippen LogP contribution in [0.4, 0.5) is 0 Å². The molecule has 74 valence electrons. The van der Waals surface area contributed by atoms with Gasteiger partial charge in [-0.05, 0) is 32.0 Å². The van der Waals surface area contributed by atoms with Gasteiger partial charge < -0.3 is 5.73 Å². The normalized spacial score (nSPS) is 12.3. The Morgan fingerprint density at radius 3 is 2.64 bits per heavy atom. The summed E-state index contributed by atoms with van der Waals surface area (Å²) in [5.74, 6) is 0. The largest absolute Gasteiger partial charge is 0.321 e. The molecule has 1 aromatic heterocycles. The standard InChI is InChI=1S/C11H12BrNS/c1-11(2,13)10-6-7-8(12)4-3-5-9(7)14-10/h3-6H,13H2,1-2H3. The molecule has 0 fully saturated rings. The highest BCUT2D eigenvalue weighted by Crippen LogP contribution is 2.35. The quantitative estimate of drug-likeness (QED) is 0.836.